The highest BCUT2D eigenvalue weighted by Gasteiger charge is 2.13. The average molecular weight is 253 g/mol. The molecule has 2 N–H and O–H groups in total. The van der Waals surface area contributed by atoms with Crippen molar-refractivity contribution >= 4 is 6.09 Å². The van der Waals surface area contributed by atoms with E-state index < -0.39 is 6.09 Å². The monoisotopic (exact) mass is 253 g/mol. The number of ether oxygens (including phenoxy) is 1. The molecular weight excluding hydrogens is 234 g/mol. The molecule has 1 aromatic rings. The molecule has 0 atom stereocenters. The topological polar surface area (TPSA) is 70.0 Å². The van der Waals surface area contributed by atoms with Crippen molar-refractivity contribution in [2.24, 2.45) is 0 Å². The molecule has 5 heteroatoms. The maximum Gasteiger partial charge on any atom is 0.410 e. The van der Waals surface area contributed by atoms with Gasteiger partial charge in [-0.15, -0.1) is 0 Å². The van der Waals surface area contributed by atoms with Crippen molar-refractivity contribution in [2.75, 3.05) is 26.3 Å². The molecule has 0 saturated heterocycles. The first-order valence-corrected chi connectivity index (χ1v) is 5.95. The van der Waals surface area contributed by atoms with Gasteiger partial charge in [-0.2, -0.15) is 0 Å². The van der Waals surface area contributed by atoms with E-state index in [1.807, 2.05) is 30.3 Å². The minimum Gasteiger partial charge on any atom is -0.445 e. The van der Waals surface area contributed by atoms with Crippen LogP contribution in [0.5, 0.6) is 0 Å². The fraction of sp³-hybridized carbons (Fsp3) is 0.462. The van der Waals surface area contributed by atoms with Crippen molar-refractivity contribution in [1.82, 2.24) is 4.90 Å². The van der Waals surface area contributed by atoms with E-state index in [0.29, 0.717) is 13.0 Å². The summed E-state index contributed by atoms with van der Waals surface area (Å²) in [6, 6.07) is 9.39. The molecule has 18 heavy (non-hydrogen) atoms. The lowest BCUT2D eigenvalue weighted by atomic mass is 10.2. The molecule has 0 aliphatic rings. The smallest absolute Gasteiger partial charge is 0.410 e. The van der Waals surface area contributed by atoms with E-state index in [0.717, 1.165) is 5.56 Å². The average Bonchev–Trinajstić information content (AvgIpc) is 2.42. The molecular formula is C13H19NO4. The van der Waals surface area contributed by atoms with Gasteiger partial charge < -0.3 is 19.8 Å². The fourth-order valence-corrected chi connectivity index (χ4v) is 1.49. The van der Waals surface area contributed by atoms with Crippen LogP contribution in [0.15, 0.2) is 30.3 Å². The van der Waals surface area contributed by atoms with Crippen LogP contribution in [0.3, 0.4) is 0 Å². The van der Waals surface area contributed by atoms with Gasteiger partial charge in [-0.3, -0.25) is 0 Å². The quantitative estimate of drug-likeness (QED) is 0.760. The fourth-order valence-electron chi connectivity index (χ4n) is 1.49. The molecule has 0 heterocycles. The first-order chi connectivity index (χ1) is 8.77. The lowest BCUT2D eigenvalue weighted by Gasteiger charge is -2.20. The van der Waals surface area contributed by atoms with Crippen LogP contribution >= 0.6 is 0 Å². The van der Waals surface area contributed by atoms with Crippen molar-refractivity contribution in [1.29, 1.82) is 0 Å². The van der Waals surface area contributed by atoms with Gasteiger partial charge in [0, 0.05) is 19.7 Å². The van der Waals surface area contributed by atoms with Crippen LogP contribution in [-0.2, 0) is 11.3 Å². The molecule has 0 aliphatic carbocycles. The Morgan fingerprint density at radius 1 is 1.11 bits per heavy atom. The summed E-state index contributed by atoms with van der Waals surface area (Å²) in [5, 5.41) is 17.6. The van der Waals surface area contributed by atoms with Crippen molar-refractivity contribution < 1.29 is 19.7 Å². The zero-order valence-corrected chi connectivity index (χ0v) is 10.3. The van der Waals surface area contributed by atoms with E-state index in [1.54, 1.807) is 0 Å². The molecule has 0 aliphatic heterocycles. The Bertz CT molecular complexity index is 342. The molecule has 0 unspecified atom stereocenters. The summed E-state index contributed by atoms with van der Waals surface area (Å²) in [6.45, 7) is 0.693. The summed E-state index contributed by atoms with van der Waals surface area (Å²) in [6.07, 6.45) is 0.00169. The maximum atomic E-state index is 11.7. The number of hydrogen-bond donors (Lipinski definition) is 2. The SMILES string of the molecule is O=C(OCc1ccccc1)N(CCO)CCCO. The Balaban J connectivity index is 2.40. The third-order valence-electron chi connectivity index (χ3n) is 2.42. The van der Waals surface area contributed by atoms with Crippen LogP contribution in [0, 0.1) is 0 Å². The number of aliphatic hydroxyl groups is 2. The van der Waals surface area contributed by atoms with Crippen molar-refractivity contribution in [3.05, 3.63) is 35.9 Å². The van der Waals surface area contributed by atoms with Crippen molar-refractivity contribution in [3.63, 3.8) is 0 Å². The number of hydrogen-bond acceptors (Lipinski definition) is 4. The summed E-state index contributed by atoms with van der Waals surface area (Å²) in [4.78, 5) is 13.1. The van der Waals surface area contributed by atoms with Gasteiger partial charge in [0.1, 0.15) is 6.61 Å². The molecule has 1 aromatic carbocycles. The second-order valence-electron chi connectivity index (χ2n) is 3.83. The standard InChI is InChI=1S/C13H19NO4/c15-9-4-7-14(8-10-16)13(17)18-11-12-5-2-1-3-6-12/h1-3,5-6,15-16H,4,7-11H2. The second-order valence-corrected chi connectivity index (χ2v) is 3.83. The van der Waals surface area contributed by atoms with Gasteiger partial charge in [0.15, 0.2) is 0 Å². The Labute approximate surface area is 107 Å². The van der Waals surface area contributed by atoms with E-state index >= 15 is 0 Å². The highest BCUT2D eigenvalue weighted by atomic mass is 16.6. The molecule has 0 fully saturated rings. The number of benzene rings is 1. The molecule has 100 valence electrons. The molecule has 1 rings (SSSR count). The van der Waals surface area contributed by atoms with Crippen LogP contribution in [0.25, 0.3) is 0 Å². The minimum absolute atomic E-state index is 0.00783. The molecule has 0 bridgehead atoms. The minimum atomic E-state index is -0.471. The highest BCUT2D eigenvalue weighted by Crippen LogP contribution is 2.03. The molecule has 0 saturated carbocycles. The normalized spacial score (nSPS) is 10.1. The number of aliphatic hydroxyl groups excluding tert-OH is 2. The maximum absolute atomic E-state index is 11.7. The van der Waals surface area contributed by atoms with Gasteiger partial charge in [-0.05, 0) is 12.0 Å². The van der Waals surface area contributed by atoms with E-state index in [4.69, 9.17) is 14.9 Å². The zero-order valence-electron chi connectivity index (χ0n) is 10.3. The van der Waals surface area contributed by atoms with Gasteiger partial charge in [0.2, 0.25) is 0 Å². The largest absolute Gasteiger partial charge is 0.445 e. The Kier molecular flexibility index (Phi) is 6.83. The summed E-state index contributed by atoms with van der Waals surface area (Å²) in [5.41, 5.74) is 0.914. The van der Waals surface area contributed by atoms with Gasteiger partial charge in [0.25, 0.3) is 0 Å². The summed E-state index contributed by atoms with van der Waals surface area (Å²) in [7, 11) is 0. The highest BCUT2D eigenvalue weighted by molar-refractivity contribution is 5.67. The Morgan fingerprint density at radius 3 is 2.44 bits per heavy atom. The number of carbonyl (C=O) groups is 1. The van der Waals surface area contributed by atoms with Crippen LogP contribution in [0.1, 0.15) is 12.0 Å². The predicted molar refractivity (Wildman–Crippen MR) is 67.0 cm³/mol. The van der Waals surface area contributed by atoms with E-state index in [2.05, 4.69) is 0 Å². The number of rotatable bonds is 7. The summed E-state index contributed by atoms with van der Waals surface area (Å²) in [5.74, 6) is 0. The third kappa shape index (κ3) is 5.16. The molecule has 1 amide bonds. The molecule has 0 aromatic heterocycles. The predicted octanol–water partition coefficient (Wildman–Crippen LogP) is 1.000. The lowest BCUT2D eigenvalue weighted by molar-refractivity contribution is 0.0859. The first kappa shape index (κ1) is 14.5. The zero-order chi connectivity index (χ0) is 13.2. The van der Waals surface area contributed by atoms with Crippen molar-refractivity contribution in [2.45, 2.75) is 13.0 Å². The van der Waals surface area contributed by atoms with Crippen LogP contribution < -0.4 is 0 Å². The van der Waals surface area contributed by atoms with Gasteiger partial charge in [0.05, 0.1) is 6.61 Å². The molecule has 0 radical (unpaired) electrons. The van der Waals surface area contributed by atoms with Crippen molar-refractivity contribution in [3.8, 4) is 0 Å². The van der Waals surface area contributed by atoms with Crippen LogP contribution in [-0.4, -0.2) is 47.5 Å². The molecule has 5 nitrogen and oxygen atoms in total. The summed E-state index contributed by atoms with van der Waals surface area (Å²) < 4.78 is 5.13. The third-order valence-corrected chi connectivity index (χ3v) is 2.42. The Hall–Kier alpha value is -1.59. The van der Waals surface area contributed by atoms with Crippen LogP contribution in [0.2, 0.25) is 0 Å². The number of amides is 1. The Morgan fingerprint density at radius 2 is 1.83 bits per heavy atom. The van der Waals surface area contributed by atoms with Crippen LogP contribution in [0.4, 0.5) is 4.79 Å². The lowest BCUT2D eigenvalue weighted by Crippen LogP contribution is -2.35. The van der Waals surface area contributed by atoms with E-state index in [-0.39, 0.29) is 26.4 Å². The van der Waals surface area contributed by atoms with E-state index in [1.165, 1.54) is 4.90 Å². The van der Waals surface area contributed by atoms with Gasteiger partial charge in [-0.25, -0.2) is 4.79 Å². The summed E-state index contributed by atoms with van der Waals surface area (Å²) >= 11 is 0. The first-order valence-electron chi connectivity index (χ1n) is 5.95. The van der Waals surface area contributed by atoms with Gasteiger partial charge >= 0.3 is 6.09 Å². The van der Waals surface area contributed by atoms with E-state index in [9.17, 15) is 4.79 Å². The number of carbonyl (C=O) groups excluding carboxylic acids is 1. The van der Waals surface area contributed by atoms with Gasteiger partial charge in [-0.1, -0.05) is 30.3 Å². The second kappa shape index (κ2) is 8.49. The molecule has 0 spiro atoms. The number of nitrogens with zero attached hydrogens (tertiary/aromatic N) is 1.